The predicted molar refractivity (Wildman–Crippen MR) is 67.5 cm³/mol. The number of fused-ring (bicyclic) bond motifs is 1. The molecule has 3 rings (SSSR count). The van der Waals surface area contributed by atoms with E-state index in [-0.39, 0.29) is 0 Å². The van der Waals surface area contributed by atoms with E-state index in [1.165, 1.54) is 22.5 Å². The van der Waals surface area contributed by atoms with Crippen molar-refractivity contribution in [3.05, 3.63) is 57.8 Å². The molecule has 17 heavy (non-hydrogen) atoms. The lowest BCUT2D eigenvalue weighted by atomic mass is 9.83. The summed E-state index contributed by atoms with van der Waals surface area (Å²) in [7, 11) is 0. The molecule has 0 saturated heterocycles. The van der Waals surface area contributed by atoms with Crippen molar-refractivity contribution < 1.29 is 9.90 Å². The summed E-state index contributed by atoms with van der Waals surface area (Å²) in [6, 6.07) is 11.9. The standard InChI is InChI=1S/C14H12O2S/c15-13(16)14(12-6-3-7-17-12)8-10-4-1-2-5-11(10)9-14/h1-7H,8-9H2,(H,15,16). The van der Waals surface area contributed by atoms with E-state index in [1.807, 2.05) is 41.8 Å². The highest BCUT2D eigenvalue weighted by Gasteiger charge is 2.46. The van der Waals surface area contributed by atoms with Crippen LogP contribution in [0, 0.1) is 0 Å². The average Bonchev–Trinajstić information content (AvgIpc) is 2.96. The van der Waals surface area contributed by atoms with Gasteiger partial charge in [-0.15, -0.1) is 11.3 Å². The van der Waals surface area contributed by atoms with E-state index in [2.05, 4.69) is 0 Å². The van der Waals surface area contributed by atoms with Crippen LogP contribution in [0.1, 0.15) is 16.0 Å². The molecular weight excluding hydrogens is 232 g/mol. The van der Waals surface area contributed by atoms with Gasteiger partial charge in [0, 0.05) is 4.88 Å². The largest absolute Gasteiger partial charge is 0.481 e. The maximum Gasteiger partial charge on any atom is 0.315 e. The van der Waals surface area contributed by atoms with Crippen LogP contribution in [0.5, 0.6) is 0 Å². The van der Waals surface area contributed by atoms with Crippen LogP contribution < -0.4 is 0 Å². The van der Waals surface area contributed by atoms with E-state index in [4.69, 9.17) is 0 Å². The van der Waals surface area contributed by atoms with Crippen LogP contribution in [0.15, 0.2) is 41.8 Å². The Bertz CT molecular complexity index is 532. The second-order valence-corrected chi connectivity index (χ2v) is 5.43. The molecule has 0 radical (unpaired) electrons. The third-order valence-electron chi connectivity index (χ3n) is 3.51. The summed E-state index contributed by atoms with van der Waals surface area (Å²) in [4.78, 5) is 12.7. The van der Waals surface area contributed by atoms with Gasteiger partial charge in [-0.1, -0.05) is 30.3 Å². The SMILES string of the molecule is O=C(O)C1(c2cccs2)Cc2ccccc2C1. The van der Waals surface area contributed by atoms with E-state index >= 15 is 0 Å². The van der Waals surface area contributed by atoms with Gasteiger partial charge in [-0.3, -0.25) is 4.79 Å². The molecule has 1 aliphatic rings. The average molecular weight is 244 g/mol. The van der Waals surface area contributed by atoms with Gasteiger partial charge in [-0.2, -0.15) is 0 Å². The highest BCUT2D eigenvalue weighted by molar-refractivity contribution is 7.10. The third-order valence-corrected chi connectivity index (χ3v) is 4.58. The number of hydrogen-bond acceptors (Lipinski definition) is 2. The van der Waals surface area contributed by atoms with Gasteiger partial charge in [0.2, 0.25) is 0 Å². The molecule has 1 heterocycles. The normalized spacial score (nSPS) is 16.7. The molecule has 1 aromatic carbocycles. The smallest absolute Gasteiger partial charge is 0.315 e. The molecule has 1 aliphatic carbocycles. The Hall–Kier alpha value is -1.61. The second-order valence-electron chi connectivity index (χ2n) is 4.49. The van der Waals surface area contributed by atoms with Crippen molar-refractivity contribution >= 4 is 17.3 Å². The quantitative estimate of drug-likeness (QED) is 0.882. The molecule has 0 bridgehead atoms. The Balaban J connectivity index is 2.10. The van der Waals surface area contributed by atoms with E-state index in [9.17, 15) is 9.90 Å². The van der Waals surface area contributed by atoms with Gasteiger partial charge in [0.25, 0.3) is 0 Å². The number of thiophene rings is 1. The van der Waals surface area contributed by atoms with Gasteiger partial charge in [-0.25, -0.2) is 0 Å². The maximum atomic E-state index is 11.7. The fourth-order valence-electron chi connectivity index (χ4n) is 2.60. The Kier molecular flexibility index (Phi) is 2.30. The number of carboxylic acid groups (broad SMARTS) is 1. The van der Waals surface area contributed by atoms with Crippen LogP contribution in [0.4, 0.5) is 0 Å². The van der Waals surface area contributed by atoms with Gasteiger partial charge >= 0.3 is 5.97 Å². The zero-order valence-electron chi connectivity index (χ0n) is 9.22. The summed E-state index contributed by atoms with van der Waals surface area (Å²) < 4.78 is 0. The fraction of sp³-hybridized carbons (Fsp3) is 0.214. The Morgan fingerprint density at radius 2 is 1.76 bits per heavy atom. The molecule has 2 aromatic rings. The maximum absolute atomic E-state index is 11.7. The number of hydrogen-bond donors (Lipinski definition) is 1. The minimum Gasteiger partial charge on any atom is -0.481 e. The molecule has 1 aromatic heterocycles. The van der Waals surface area contributed by atoms with Crippen molar-refractivity contribution in [1.82, 2.24) is 0 Å². The lowest BCUT2D eigenvalue weighted by Crippen LogP contribution is -2.35. The number of benzene rings is 1. The van der Waals surface area contributed by atoms with Gasteiger partial charge in [-0.05, 0) is 35.4 Å². The Morgan fingerprint density at radius 1 is 1.12 bits per heavy atom. The second kappa shape index (κ2) is 3.70. The highest BCUT2D eigenvalue weighted by Crippen LogP contribution is 2.41. The van der Waals surface area contributed by atoms with Gasteiger partial charge < -0.3 is 5.11 Å². The minimum absolute atomic E-state index is 0.610. The van der Waals surface area contributed by atoms with Crippen molar-refractivity contribution in [1.29, 1.82) is 0 Å². The summed E-state index contributed by atoms with van der Waals surface area (Å²) in [5, 5.41) is 11.6. The van der Waals surface area contributed by atoms with Crippen LogP contribution in [0.3, 0.4) is 0 Å². The van der Waals surface area contributed by atoms with Crippen LogP contribution in [-0.4, -0.2) is 11.1 Å². The molecule has 0 fully saturated rings. The van der Waals surface area contributed by atoms with Gasteiger partial charge in [0.05, 0.1) is 0 Å². The topological polar surface area (TPSA) is 37.3 Å². The minimum atomic E-state index is -0.738. The molecule has 0 saturated carbocycles. The fourth-order valence-corrected chi connectivity index (χ4v) is 3.51. The van der Waals surface area contributed by atoms with Crippen LogP contribution in [-0.2, 0) is 23.1 Å². The molecule has 0 aliphatic heterocycles. The first-order valence-electron chi connectivity index (χ1n) is 5.56. The van der Waals surface area contributed by atoms with Crippen molar-refractivity contribution in [2.45, 2.75) is 18.3 Å². The van der Waals surface area contributed by atoms with Crippen molar-refractivity contribution in [3.8, 4) is 0 Å². The molecule has 0 atom stereocenters. The first-order chi connectivity index (χ1) is 8.22. The monoisotopic (exact) mass is 244 g/mol. The summed E-state index contributed by atoms with van der Waals surface area (Å²) in [5.41, 5.74) is 1.60. The van der Waals surface area contributed by atoms with Gasteiger partial charge in [0.1, 0.15) is 5.41 Å². The molecular formula is C14H12O2S. The van der Waals surface area contributed by atoms with E-state index in [0.29, 0.717) is 12.8 Å². The van der Waals surface area contributed by atoms with Crippen molar-refractivity contribution in [3.63, 3.8) is 0 Å². The molecule has 0 amide bonds. The third kappa shape index (κ3) is 1.50. The Morgan fingerprint density at radius 3 is 2.24 bits per heavy atom. The zero-order valence-corrected chi connectivity index (χ0v) is 10.0. The number of carboxylic acids is 1. The van der Waals surface area contributed by atoms with E-state index < -0.39 is 11.4 Å². The predicted octanol–water partition coefficient (Wildman–Crippen LogP) is 2.87. The van der Waals surface area contributed by atoms with Crippen LogP contribution >= 0.6 is 11.3 Å². The van der Waals surface area contributed by atoms with E-state index in [1.54, 1.807) is 0 Å². The van der Waals surface area contributed by atoms with Crippen molar-refractivity contribution in [2.24, 2.45) is 0 Å². The molecule has 0 unspecified atom stereocenters. The molecule has 1 N–H and O–H groups in total. The molecule has 3 heteroatoms. The summed E-state index contributed by atoms with van der Waals surface area (Å²) in [5.74, 6) is -0.712. The first kappa shape index (κ1) is 10.5. The number of rotatable bonds is 2. The number of carbonyl (C=O) groups is 1. The van der Waals surface area contributed by atoms with E-state index in [0.717, 1.165) is 4.88 Å². The molecule has 2 nitrogen and oxygen atoms in total. The van der Waals surface area contributed by atoms with Crippen LogP contribution in [0.25, 0.3) is 0 Å². The lowest BCUT2D eigenvalue weighted by Gasteiger charge is -2.22. The Labute approximate surface area is 104 Å². The lowest BCUT2D eigenvalue weighted by molar-refractivity contribution is -0.143. The van der Waals surface area contributed by atoms with Crippen LogP contribution in [0.2, 0.25) is 0 Å². The number of aliphatic carboxylic acids is 1. The highest BCUT2D eigenvalue weighted by atomic mass is 32.1. The summed E-state index contributed by atoms with van der Waals surface area (Å²) in [6.07, 6.45) is 1.22. The van der Waals surface area contributed by atoms with Gasteiger partial charge in [0.15, 0.2) is 0 Å². The summed E-state index contributed by atoms with van der Waals surface area (Å²) >= 11 is 1.54. The molecule has 86 valence electrons. The molecule has 0 spiro atoms. The first-order valence-corrected chi connectivity index (χ1v) is 6.44. The zero-order chi connectivity index (χ0) is 11.9. The van der Waals surface area contributed by atoms with Crippen molar-refractivity contribution in [2.75, 3.05) is 0 Å². The summed E-state index contributed by atoms with van der Waals surface area (Å²) in [6.45, 7) is 0.